The Kier molecular flexibility index (Phi) is 5.85. The third kappa shape index (κ3) is 5.32. The van der Waals surface area contributed by atoms with Crippen molar-refractivity contribution >= 4 is 15.8 Å². The standard InChI is InChI=1S/C19H22O5S/c1-13-9-14(2)11-16(10-13)23-7-8-24-19(20)18-12-17(25(4,21)22)6-5-15(18)3/h5-6,9-12H,7-8H2,1-4H3. The summed E-state index contributed by atoms with van der Waals surface area (Å²) in [6, 6.07) is 10.3. The van der Waals surface area contributed by atoms with Gasteiger partial charge in [-0.2, -0.15) is 0 Å². The molecule has 0 radical (unpaired) electrons. The molecule has 2 aromatic carbocycles. The molecule has 0 bridgehead atoms. The molecule has 0 aliphatic heterocycles. The highest BCUT2D eigenvalue weighted by Gasteiger charge is 2.15. The second-order valence-electron chi connectivity index (χ2n) is 6.06. The van der Waals surface area contributed by atoms with Gasteiger partial charge in [-0.3, -0.25) is 0 Å². The van der Waals surface area contributed by atoms with E-state index in [1.807, 2.05) is 32.0 Å². The Morgan fingerprint density at radius 2 is 1.60 bits per heavy atom. The molecule has 2 rings (SSSR count). The largest absolute Gasteiger partial charge is 0.490 e. The molecule has 0 fully saturated rings. The zero-order valence-corrected chi connectivity index (χ0v) is 15.6. The lowest BCUT2D eigenvalue weighted by atomic mass is 10.1. The zero-order chi connectivity index (χ0) is 18.6. The van der Waals surface area contributed by atoms with Gasteiger partial charge in [-0.1, -0.05) is 12.1 Å². The number of rotatable bonds is 6. The fraction of sp³-hybridized carbons (Fsp3) is 0.316. The summed E-state index contributed by atoms with van der Waals surface area (Å²) < 4.78 is 34.0. The maximum atomic E-state index is 12.2. The first-order chi connectivity index (χ1) is 11.7. The quantitative estimate of drug-likeness (QED) is 0.583. The zero-order valence-electron chi connectivity index (χ0n) is 14.8. The molecule has 0 amide bonds. The molecule has 134 valence electrons. The molecule has 0 atom stereocenters. The molecular weight excluding hydrogens is 340 g/mol. The molecule has 25 heavy (non-hydrogen) atoms. The van der Waals surface area contributed by atoms with E-state index in [0.29, 0.717) is 5.56 Å². The summed E-state index contributed by atoms with van der Waals surface area (Å²) in [5, 5.41) is 0. The monoisotopic (exact) mass is 362 g/mol. The normalized spacial score (nSPS) is 11.2. The second-order valence-corrected chi connectivity index (χ2v) is 8.07. The van der Waals surface area contributed by atoms with Crippen LogP contribution in [-0.2, 0) is 14.6 Å². The Morgan fingerprint density at radius 1 is 0.960 bits per heavy atom. The van der Waals surface area contributed by atoms with Crippen LogP contribution in [0.25, 0.3) is 0 Å². The number of esters is 1. The highest BCUT2D eigenvalue weighted by Crippen LogP contribution is 2.18. The average Bonchev–Trinajstić information content (AvgIpc) is 2.49. The fourth-order valence-corrected chi connectivity index (χ4v) is 3.09. The number of benzene rings is 2. The summed E-state index contributed by atoms with van der Waals surface area (Å²) >= 11 is 0. The average molecular weight is 362 g/mol. The molecule has 2 aromatic rings. The van der Waals surface area contributed by atoms with E-state index >= 15 is 0 Å². The van der Waals surface area contributed by atoms with Crippen molar-refractivity contribution in [3.8, 4) is 5.75 Å². The molecular formula is C19H22O5S. The molecule has 5 nitrogen and oxygen atoms in total. The Hall–Kier alpha value is -2.34. The summed E-state index contributed by atoms with van der Waals surface area (Å²) in [5.41, 5.74) is 3.10. The first kappa shape index (κ1) is 19.0. The predicted molar refractivity (Wildman–Crippen MR) is 96.0 cm³/mol. The van der Waals surface area contributed by atoms with Crippen LogP contribution in [0.2, 0.25) is 0 Å². The fourth-order valence-electron chi connectivity index (χ4n) is 2.44. The van der Waals surface area contributed by atoms with Crippen molar-refractivity contribution in [2.45, 2.75) is 25.7 Å². The van der Waals surface area contributed by atoms with Crippen LogP contribution in [0.3, 0.4) is 0 Å². The van der Waals surface area contributed by atoms with Gasteiger partial charge in [-0.15, -0.1) is 0 Å². The lowest BCUT2D eigenvalue weighted by molar-refractivity contribution is 0.0449. The van der Waals surface area contributed by atoms with Crippen LogP contribution >= 0.6 is 0 Å². The van der Waals surface area contributed by atoms with E-state index in [9.17, 15) is 13.2 Å². The predicted octanol–water partition coefficient (Wildman–Crippen LogP) is 3.25. The smallest absolute Gasteiger partial charge is 0.338 e. The molecule has 0 saturated heterocycles. The van der Waals surface area contributed by atoms with Gasteiger partial charge in [0.25, 0.3) is 0 Å². The molecule has 0 aliphatic rings. The minimum absolute atomic E-state index is 0.0777. The van der Waals surface area contributed by atoms with Crippen LogP contribution in [0.1, 0.15) is 27.0 Å². The summed E-state index contributed by atoms with van der Waals surface area (Å²) in [7, 11) is -3.38. The van der Waals surface area contributed by atoms with Gasteiger partial charge >= 0.3 is 5.97 Å². The first-order valence-corrected chi connectivity index (χ1v) is 9.75. The number of ether oxygens (including phenoxy) is 2. The number of hydrogen-bond acceptors (Lipinski definition) is 5. The minimum atomic E-state index is -3.38. The van der Waals surface area contributed by atoms with Crippen molar-refractivity contribution in [2.24, 2.45) is 0 Å². The van der Waals surface area contributed by atoms with Gasteiger partial charge in [-0.25, -0.2) is 13.2 Å². The van der Waals surface area contributed by atoms with E-state index in [4.69, 9.17) is 9.47 Å². The van der Waals surface area contributed by atoms with Crippen LogP contribution in [-0.4, -0.2) is 33.9 Å². The van der Waals surface area contributed by atoms with Gasteiger partial charge in [-0.05, 0) is 61.7 Å². The van der Waals surface area contributed by atoms with Gasteiger partial charge in [0.15, 0.2) is 9.84 Å². The summed E-state index contributed by atoms with van der Waals surface area (Å²) in [4.78, 5) is 12.3. The van der Waals surface area contributed by atoms with Gasteiger partial charge in [0.1, 0.15) is 19.0 Å². The van der Waals surface area contributed by atoms with Gasteiger partial charge in [0.2, 0.25) is 0 Å². The number of sulfone groups is 1. The lowest BCUT2D eigenvalue weighted by Gasteiger charge is -2.10. The molecule has 0 aromatic heterocycles. The Morgan fingerprint density at radius 3 is 2.20 bits per heavy atom. The van der Waals surface area contributed by atoms with Crippen LogP contribution in [0.5, 0.6) is 5.75 Å². The molecule has 0 unspecified atom stereocenters. The minimum Gasteiger partial charge on any atom is -0.490 e. The lowest BCUT2D eigenvalue weighted by Crippen LogP contribution is -2.14. The maximum absolute atomic E-state index is 12.2. The molecule has 0 N–H and O–H groups in total. The van der Waals surface area contributed by atoms with E-state index in [2.05, 4.69) is 0 Å². The third-order valence-electron chi connectivity index (χ3n) is 3.64. The summed E-state index contributed by atoms with van der Waals surface area (Å²) in [6.07, 6.45) is 1.10. The summed E-state index contributed by atoms with van der Waals surface area (Å²) in [6.45, 7) is 6.00. The van der Waals surface area contributed by atoms with Crippen LogP contribution in [0.4, 0.5) is 0 Å². The van der Waals surface area contributed by atoms with Crippen molar-refractivity contribution in [2.75, 3.05) is 19.5 Å². The van der Waals surface area contributed by atoms with Gasteiger partial charge < -0.3 is 9.47 Å². The second kappa shape index (κ2) is 7.70. The molecule has 0 heterocycles. The molecule has 0 aliphatic carbocycles. The van der Waals surface area contributed by atoms with E-state index < -0.39 is 15.8 Å². The van der Waals surface area contributed by atoms with E-state index in [0.717, 1.165) is 23.1 Å². The highest BCUT2D eigenvalue weighted by molar-refractivity contribution is 7.90. The number of carbonyl (C=O) groups is 1. The van der Waals surface area contributed by atoms with E-state index in [1.165, 1.54) is 12.1 Å². The van der Waals surface area contributed by atoms with E-state index in [1.54, 1.807) is 13.0 Å². The molecule has 0 saturated carbocycles. The van der Waals surface area contributed by atoms with Crippen LogP contribution < -0.4 is 4.74 Å². The highest BCUT2D eigenvalue weighted by atomic mass is 32.2. The SMILES string of the molecule is Cc1cc(C)cc(OCCOC(=O)c2cc(S(C)(=O)=O)ccc2C)c1. The first-order valence-electron chi connectivity index (χ1n) is 7.86. The van der Waals surface area contributed by atoms with Crippen molar-refractivity contribution in [1.82, 2.24) is 0 Å². The maximum Gasteiger partial charge on any atom is 0.338 e. The van der Waals surface area contributed by atoms with Crippen molar-refractivity contribution in [1.29, 1.82) is 0 Å². The Labute approximate surface area is 148 Å². The number of carbonyl (C=O) groups excluding carboxylic acids is 1. The Bertz CT molecular complexity index is 864. The third-order valence-corrected chi connectivity index (χ3v) is 4.75. The summed E-state index contributed by atoms with van der Waals surface area (Å²) in [5.74, 6) is 0.163. The van der Waals surface area contributed by atoms with Crippen LogP contribution in [0, 0.1) is 20.8 Å². The van der Waals surface area contributed by atoms with Gasteiger partial charge in [0.05, 0.1) is 10.5 Å². The number of hydrogen-bond donors (Lipinski definition) is 0. The molecule has 6 heteroatoms. The van der Waals surface area contributed by atoms with Crippen LogP contribution in [0.15, 0.2) is 41.3 Å². The topological polar surface area (TPSA) is 69.7 Å². The molecule has 0 spiro atoms. The van der Waals surface area contributed by atoms with Crippen molar-refractivity contribution in [3.05, 3.63) is 58.7 Å². The van der Waals surface area contributed by atoms with Crippen molar-refractivity contribution < 1.29 is 22.7 Å². The van der Waals surface area contributed by atoms with E-state index in [-0.39, 0.29) is 23.7 Å². The van der Waals surface area contributed by atoms with Gasteiger partial charge in [0, 0.05) is 6.26 Å². The number of aryl methyl sites for hydroxylation is 3. The Balaban J connectivity index is 1.96. The van der Waals surface area contributed by atoms with Crippen molar-refractivity contribution in [3.63, 3.8) is 0 Å².